The van der Waals surface area contributed by atoms with Gasteiger partial charge in [0.1, 0.15) is 0 Å². The van der Waals surface area contributed by atoms with Crippen molar-refractivity contribution in [3.05, 3.63) is 188 Å². The van der Waals surface area contributed by atoms with Crippen LogP contribution in [-0.2, 0) is 10.8 Å². The molecule has 0 fully saturated rings. The Kier molecular flexibility index (Phi) is 7.91. The number of benzene rings is 7. The molecule has 3 heterocycles. The van der Waals surface area contributed by atoms with Crippen molar-refractivity contribution in [3.8, 4) is 17.4 Å². The molecule has 0 bridgehead atoms. The van der Waals surface area contributed by atoms with E-state index in [2.05, 4.69) is 161 Å². The van der Waals surface area contributed by atoms with Crippen LogP contribution in [-0.4, -0.2) is 17.9 Å². The maximum Gasteiger partial charge on any atom is 0.0991 e. The van der Waals surface area contributed by atoms with Crippen LogP contribution < -0.4 is 0 Å². The Morgan fingerprint density at radius 1 is 0.589 bits per heavy atom. The lowest BCUT2D eigenvalue weighted by atomic mass is 10.0. The lowest BCUT2D eigenvalue weighted by Gasteiger charge is -2.13. The zero-order chi connectivity index (χ0) is 37.9. The number of hydrogen-bond acceptors (Lipinski definition) is 2. The van der Waals surface area contributed by atoms with E-state index in [-0.39, 0.29) is 0 Å². The zero-order valence-electron chi connectivity index (χ0n) is 30.6. The maximum absolute atomic E-state index is 13.8. The number of allylic oxidation sites excluding steroid dienone is 5. The monoisotopic (exact) mass is 738 g/mol. The van der Waals surface area contributed by atoms with E-state index in [0.29, 0.717) is 15.4 Å². The predicted molar refractivity (Wildman–Crippen MR) is 233 cm³/mol. The van der Waals surface area contributed by atoms with E-state index in [4.69, 9.17) is 0 Å². The molecule has 6 heteroatoms. The van der Waals surface area contributed by atoms with Crippen LogP contribution in [0.4, 0.5) is 0 Å². The van der Waals surface area contributed by atoms with Crippen molar-refractivity contribution < 1.29 is 4.21 Å². The van der Waals surface area contributed by atoms with Gasteiger partial charge in [-0.15, -0.1) is 0 Å². The van der Waals surface area contributed by atoms with Crippen molar-refractivity contribution in [2.24, 2.45) is 0 Å². The number of nitriles is 1. The SMILES string of the molecule is C=C/C=C\C(=C/C)n1c2ccccc2c2c3c4ccc5c6ccccc6n(-c6ccccc6)c5c4n(-c4ccc(S(=O)c5ccc(C#N)cc5)cc4)c3ccc21. The lowest BCUT2D eigenvalue weighted by Crippen LogP contribution is -1.99. The highest BCUT2D eigenvalue weighted by molar-refractivity contribution is 7.85. The molecule has 3 aromatic heterocycles. The summed E-state index contributed by atoms with van der Waals surface area (Å²) in [6, 6.07) is 54.2. The van der Waals surface area contributed by atoms with E-state index >= 15 is 0 Å². The summed E-state index contributed by atoms with van der Waals surface area (Å²) in [4.78, 5) is 1.35. The summed E-state index contributed by atoms with van der Waals surface area (Å²) in [5.41, 5.74) is 10.4. The Morgan fingerprint density at radius 2 is 1.16 bits per heavy atom. The average molecular weight is 739 g/mol. The van der Waals surface area contributed by atoms with Crippen LogP contribution in [0, 0.1) is 11.3 Å². The molecule has 0 saturated carbocycles. The second-order valence-electron chi connectivity index (χ2n) is 13.8. The molecule has 10 rings (SSSR count). The summed E-state index contributed by atoms with van der Waals surface area (Å²) in [5.74, 6) is 0. The Bertz CT molecular complexity index is 3330. The fraction of sp³-hybridized carbons (Fsp3) is 0.0200. The second-order valence-corrected chi connectivity index (χ2v) is 15.3. The van der Waals surface area contributed by atoms with Gasteiger partial charge in [0.05, 0.1) is 55.5 Å². The van der Waals surface area contributed by atoms with Crippen LogP contribution in [0.15, 0.2) is 192 Å². The Morgan fingerprint density at radius 3 is 1.88 bits per heavy atom. The zero-order valence-corrected chi connectivity index (χ0v) is 31.4. The van der Waals surface area contributed by atoms with Gasteiger partial charge in [0.25, 0.3) is 0 Å². The van der Waals surface area contributed by atoms with Gasteiger partial charge in [-0.2, -0.15) is 5.26 Å². The van der Waals surface area contributed by atoms with Gasteiger partial charge in [-0.1, -0.05) is 91.5 Å². The highest BCUT2D eigenvalue weighted by Gasteiger charge is 2.25. The molecule has 0 spiro atoms. The molecular weight excluding hydrogens is 705 g/mol. The third-order valence-electron chi connectivity index (χ3n) is 10.8. The van der Waals surface area contributed by atoms with Gasteiger partial charge in [-0.05, 0) is 97.9 Å². The molecule has 1 unspecified atom stereocenters. The first kappa shape index (κ1) is 33.4. The Balaban J connectivity index is 1.35. The molecule has 10 aromatic rings. The number of nitrogens with zero attached hydrogens (tertiary/aromatic N) is 4. The average Bonchev–Trinajstić information content (AvgIpc) is 3.90. The molecule has 0 aliphatic heterocycles. The minimum Gasteiger partial charge on any atom is -0.310 e. The molecule has 0 N–H and O–H groups in total. The van der Waals surface area contributed by atoms with Gasteiger partial charge in [-0.25, -0.2) is 4.21 Å². The third kappa shape index (κ3) is 4.95. The topological polar surface area (TPSA) is 55.6 Å². The van der Waals surface area contributed by atoms with Crippen molar-refractivity contribution in [2.45, 2.75) is 16.7 Å². The molecule has 5 nitrogen and oxygen atoms in total. The summed E-state index contributed by atoms with van der Waals surface area (Å²) >= 11 is 0. The summed E-state index contributed by atoms with van der Waals surface area (Å²) < 4.78 is 20.9. The van der Waals surface area contributed by atoms with Crippen LogP contribution in [0.25, 0.3) is 82.5 Å². The Hall–Kier alpha value is -7.20. The van der Waals surface area contributed by atoms with E-state index in [1.54, 1.807) is 24.3 Å². The molecule has 1 atom stereocenters. The van der Waals surface area contributed by atoms with E-state index in [1.165, 1.54) is 26.9 Å². The Labute approximate surface area is 326 Å². The molecule has 56 heavy (non-hydrogen) atoms. The van der Waals surface area contributed by atoms with E-state index in [1.807, 2.05) is 24.3 Å². The molecule has 0 aliphatic carbocycles. The van der Waals surface area contributed by atoms with Crippen molar-refractivity contribution in [3.63, 3.8) is 0 Å². The standard InChI is InChI=1S/C50H34N4OS/c1-3-5-13-34(4-2)52-44-19-12-10-17-41(44)47-45(52)30-31-46-48(47)42-29-28-40-39-16-9-11-18-43(39)53(35-14-7-6-8-15-35)49(40)50(42)54(46)36-22-26-38(27-23-36)56(55)37-24-20-33(32-51)21-25-37/h3-31H,1H2,2H3/b13-5-,34-4+. The van der Waals surface area contributed by atoms with Gasteiger partial charge in [0.15, 0.2) is 0 Å². The first-order valence-electron chi connectivity index (χ1n) is 18.6. The number of fused-ring (bicyclic) bond motifs is 11. The van der Waals surface area contributed by atoms with Crippen LogP contribution in [0.2, 0.25) is 0 Å². The van der Waals surface area contributed by atoms with E-state index in [9.17, 15) is 9.47 Å². The smallest absolute Gasteiger partial charge is 0.0991 e. The van der Waals surface area contributed by atoms with E-state index < -0.39 is 10.8 Å². The minimum atomic E-state index is -1.41. The van der Waals surface area contributed by atoms with Crippen LogP contribution in [0.3, 0.4) is 0 Å². The molecule has 0 saturated heterocycles. The van der Waals surface area contributed by atoms with E-state index in [0.717, 1.165) is 55.6 Å². The summed E-state index contributed by atoms with van der Waals surface area (Å²) in [6.45, 7) is 6.00. The fourth-order valence-electron chi connectivity index (χ4n) is 8.46. The van der Waals surface area contributed by atoms with Gasteiger partial charge < -0.3 is 13.7 Å². The van der Waals surface area contributed by atoms with Crippen molar-refractivity contribution in [1.82, 2.24) is 13.7 Å². The first-order chi connectivity index (χ1) is 27.6. The molecule has 266 valence electrons. The van der Waals surface area contributed by atoms with Gasteiger partial charge in [-0.3, -0.25) is 0 Å². The quantitative estimate of drug-likeness (QED) is 0.153. The van der Waals surface area contributed by atoms with Crippen LogP contribution in [0.5, 0.6) is 0 Å². The van der Waals surface area contributed by atoms with Crippen molar-refractivity contribution in [1.29, 1.82) is 5.26 Å². The number of aromatic nitrogens is 3. The number of rotatable bonds is 7. The van der Waals surface area contributed by atoms with Crippen LogP contribution in [0.1, 0.15) is 12.5 Å². The van der Waals surface area contributed by atoms with Gasteiger partial charge >= 0.3 is 0 Å². The highest BCUT2D eigenvalue weighted by atomic mass is 32.2. The predicted octanol–water partition coefficient (Wildman–Crippen LogP) is 12.6. The number of para-hydroxylation sites is 3. The minimum absolute atomic E-state index is 0.541. The van der Waals surface area contributed by atoms with Gasteiger partial charge in [0, 0.05) is 59.2 Å². The highest BCUT2D eigenvalue weighted by Crippen LogP contribution is 2.46. The summed E-state index contributed by atoms with van der Waals surface area (Å²) in [6.07, 6.45) is 8.05. The molecular formula is C50H34N4OS. The normalized spacial score (nSPS) is 12.8. The maximum atomic E-state index is 13.8. The fourth-order valence-corrected chi connectivity index (χ4v) is 9.50. The molecule has 7 aromatic carbocycles. The van der Waals surface area contributed by atoms with Crippen LogP contribution >= 0.6 is 0 Å². The third-order valence-corrected chi connectivity index (χ3v) is 12.2. The molecule has 0 aliphatic rings. The van der Waals surface area contributed by atoms with Gasteiger partial charge in [0.2, 0.25) is 0 Å². The number of hydrogen-bond donors (Lipinski definition) is 0. The largest absolute Gasteiger partial charge is 0.310 e. The summed E-state index contributed by atoms with van der Waals surface area (Å²) in [5, 5.41) is 16.3. The second kappa shape index (κ2) is 13.3. The molecule has 0 amide bonds. The lowest BCUT2D eigenvalue weighted by molar-refractivity contribution is 0.683. The van der Waals surface area contributed by atoms with Crippen molar-refractivity contribution >= 4 is 81.9 Å². The molecule has 0 radical (unpaired) electrons. The summed E-state index contributed by atoms with van der Waals surface area (Å²) in [7, 11) is -1.41. The first-order valence-corrected chi connectivity index (χ1v) is 19.7. The van der Waals surface area contributed by atoms with Crippen molar-refractivity contribution in [2.75, 3.05) is 0 Å².